The summed E-state index contributed by atoms with van der Waals surface area (Å²) in [5.74, 6) is 0.315. The van der Waals surface area contributed by atoms with Crippen molar-refractivity contribution in [1.29, 1.82) is 0 Å². The molecule has 1 saturated carbocycles. The highest BCUT2D eigenvalue weighted by Crippen LogP contribution is 2.24. The summed E-state index contributed by atoms with van der Waals surface area (Å²) >= 11 is 0. The number of carbonyl (C=O) groups is 1. The van der Waals surface area contributed by atoms with E-state index in [2.05, 4.69) is 12.2 Å². The van der Waals surface area contributed by atoms with Gasteiger partial charge in [-0.1, -0.05) is 24.2 Å². The van der Waals surface area contributed by atoms with Crippen molar-refractivity contribution in [2.24, 2.45) is 5.92 Å². The first-order valence-electron chi connectivity index (χ1n) is 7.80. The normalized spacial score (nSPS) is 22.1. The fraction of sp³-hybridized carbons (Fsp3) is 0.562. The van der Waals surface area contributed by atoms with Gasteiger partial charge in [0.1, 0.15) is 0 Å². The largest absolute Gasteiger partial charge is 0.349 e. The van der Waals surface area contributed by atoms with Crippen molar-refractivity contribution in [3.63, 3.8) is 0 Å². The molecule has 7 heteroatoms. The molecule has 0 heterocycles. The number of rotatable bonds is 5. The molecule has 1 aromatic rings. The van der Waals surface area contributed by atoms with Gasteiger partial charge in [-0.05, 0) is 43.0 Å². The van der Waals surface area contributed by atoms with Crippen molar-refractivity contribution in [3.8, 4) is 0 Å². The van der Waals surface area contributed by atoms with E-state index in [0.717, 1.165) is 23.7 Å². The van der Waals surface area contributed by atoms with E-state index in [0.29, 0.717) is 11.5 Å². The van der Waals surface area contributed by atoms with Crippen molar-refractivity contribution in [2.45, 2.75) is 43.5 Å². The van der Waals surface area contributed by atoms with Crippen LogP contribution in [0.15, 0.2) is 29.2 Å². The van der Waals surface area contributed by atoms with Crippen LogP contribution in [-0.2, 0) is 14.9 Å². The third-order valence-electron chi connectivity index (χ3n) is 4.44. The zero-order valence-electron chi connectivity index (χ0n) is 13.8. The van der Waals surface area contributed by atoms with Crippen molar-refractivity contribution in [1.82, 2.24) is 9.79 Å². The first kappa shape index (κ1) is 17.9. The van der Waals surface area contributed by atoms with E-state index >= 15 is 0 Å². The quantitative estimate of drug-likeness (QED) is 0.834. The van der Waals surface area contributed by atoms with Gasteiger partial charge >= 0.3 is 0 Å². The Morgan fingerprint density at radius 1 is 1.22 bits per heavy atom. The minimum Gasteiger partial charge on any atom is -0.349 e. The predicted molar refractivity (Wildman–Crippen MR) is 87.3 cm³/mol. The Morgan fingerprint density at radius 3 is 2.39 bits per heavy atom. The van der Waals surface area contributed by atoms with Crippen LogP contribution in [0.4, 0.5) is 0 Å². The van der Waals surface area contributed by atoms with E-state index in [1.807, 2.05) is 0 Å². The van der Waals surface area contributed by atoms with E-state index in [1.165, 1.54) is 44.8 Å². The lowest BCUT2D eigenvalue weighted by Crippen LogP contribution is -2.41. The Hall–Kier alpha value is -1.44. The maximum Gasteiger partial charge on any atom is 0.264 e. The van der Waals surface area contributed by atoms with E-state index in [-0.39, 0.29) is 16.8 Å². The predicted octanol–water partition coefficient (Wildman–Crippen LogP) is 2.18. The fourth-order valence-electron chi connectivity index (χ4n) is 2.81. The Bertz CT molecular complexity index is 643. The van der Waals surface area contributed by atoms with Crippen molar-refractivity contribution in [3.05, 3.63) is 29.8 Å². The van der Waals surface area contributed by atoms with Crippen LogP contribution in [0.3, 0.4) is 0 Å². The summed E-state index contributed by atoms with van der Waals surface area (Å²) in [6.45, 7) is 2.15. The van der Waals surface area contributed by atoms with E-state index < -0.39 is 10.0 Å². The molecular weight excluding hydrogens is 316 g/mol. The summed E-state index contributed by atoms with van der Waals surface area (Å²) in [6, 6.07) is 6.09. The Balaban J connectivity index is 2.08. The monoisotopic (exact) mass is 340 g/mol. The van der Waals surface area contributed by atoms with Gasteiger partial charge in [0.05, 0.1) is 12.0 Å². The highest BCUT2D eigenvalue weighted by Gasteiger charge is 2.24. The van der Waals surface area contributed by atoms with Crippen LogP contribution >= 0.6 is 0 Å². The van der Waals surface area contributed by atoms with Gasteiger partial charge in [0.25, 0.3) is 15.9 Å². The van der Waals surface area contributed by atoms with Crippen LogP contribution < -0.4 is 5.32 Å². The second-order valence-corrected chi connectivity index (χ2v) is 7.90. The van der Waals surface area contributed by atoms with Crippen LogP contribution in [0, 0.1) is 5.92 Å². The van der Waals surface area contributed by atoms with E-state index in [1.54, 1.807) is 0 Å². The number of amides is 1. The number of hydrogen-bond donors (Lipinski definition) is 1. The molecule has 1 aliphatic carbocycles. The summed E-state index contributed by atoms with van der Waals surface area (Å²) < 4.78 is 25.0. The van der Waals surface area contributed by atoms with E-state index in [9.17, 15) is 13.2 Å². The van der Waals surface area contributed by atoms with Gasteiger partial charge in [-0.25, -0.2) is 8.42 Å². The first-order chi connectivity index (χ1) is 10.9. The molecule has 2 atom stereocenters. The van der Waals surface area contributed by atoms with Gasteiger partial charge in [-0.2, -0.15) is 0 Å². The zero-order valence-corrected chi connectivity index (χ0v) is 14.6. The Kier molecular flexibility index (Phi) is 5.78. The molecule has 23 heavy (non-hydrogen) atoms. The maximum absolute atomic E-state index is 12.3. The Labute approximate surface area is 137 Å². The van der Waals surface area contributed by atoms with Crippen molar-refractivity contribution in [2.75, 3.05) is 14.2 Å². The van der Waals surface area contributed by atoms with Crippen LogP contribution in [-0.4, -0.2) is 39.0 Å². The van der Waals surface area contributed by atoms with Gasteiger partial charge in [-0.3, -0.25) is 9.63 Å². The molecule has 0 spiro atoms. The number of hydrogen-bond acceptors (Lipinski definition) is 4. The lowest BCUT2D eigenvalue weighted by atomic mass is 9.86. The van der Waals surface area contributed by atoms with E-state index in [4.69, 9.17) is 4.84 Å². The molecule has 0 bridgehead atoms. The average molecular weight is 340 g/mol. The molecule has 1 amide bonds. The minimum atomic E-state index is -3.69. The van der Waals surface area contributed by atoms with Crippen LogP contribution in [0.5, 0.6) is 0 Å². The third-order valence-corrected chi connectivity index (χ3v) is 6.13. The fourth-order valence-corrected chi connectivity index (χ4v) is 3.78. The van der Waals surface area contributed by atoms with Crippen molar-refractivity contribution >= 4 is 15.9 Å². The number of carbonyl (C=O) groups excluding carboxylic acids is 1. The maximum atomic E-state index is 12.3. The molecular formula is C16H24N2O4S. The zero-order chi connectivity index (χ0) is 17.0. The van der Waals surface area contributed by atoms with Gasteiger partial charge in [-0.15, -0.1) is 0 Å². The lowest BCUT2D eigenvalue weighted by molar-refractivity contribution is -0.0258. The highest BCUT2D eigenvalue weighted by atomic mass is 32.2. The standard InChI is InChI=1S/C16H24N2O4S/c1-12-6-4-5-7-15(12)17-16(19)13-8-10-14(11-9-13)23(20,21)18(2)22-3/h8-12,15H,4-7H2,1-3H3,(H,17,19)/t12-,15-/m1/s1. The molecule has 6 nitrogen and oxygen atoms in total. The second-order valence-electron chi connectivity index (χ2n) is 5.96. The summed E-state index contributed by atoms with van der Waals surface area (Å²) in [6.07, 6.45) is 4.48. The summed E-state index contributed by atoms with van der Waals surface area (Å²) in [5.41, 5.74) is 0.460. The Morgan fingerprint density at radius 2 is 1.83 bits per heavy atom. The van der Waals surface area contributed by atoms with Crippen LogP contribution in [0.2, 0.25) is 0 Å². The van der Waals surface area contributed by atoms with Gasteiger partial charge in [0.2, 0.25) is 0 Å². The minimum absolute atomic E-state index is 0.0874. The molecule has 2 rings (SSSR count). The van der Waals surface area contributed by atoms with Gasteiger partial charge < -0.3 is 5.32 Å². The molecule has 0 unspecified atom stereocenters. The van der Waals surface area contributed by atoms with Gasteiger partial charge in [0.15, 0.2) is 0 Å². The smallest absolute Gasteiger partial charge is 0.264 e. The SMILES string of the molecule is CON(C)S(=O)(=O)c1ccc(C(=O)N[C@@H]2CCCC[C@H]2C)cc1. The summed E-state index contributed by atoms with van der Waals surface area (Å²) in [5, 5.41) is 3.05. The van der Waals surface area contributed by atoms with Crippen LogP contribution in [0.25, 0.3) is 0 Å². The van der Waals surface area contributed by atoms with Gasteiger partial charge in [0, 0.05) is 18.7 Å². The number of hydroxylamine groups is 1. The van der Waals surface area contributed by atoms with Crippen molar-refractivity contribution < 1.29 is 18.0 Å². The van der Waals surface area contributed by atoms with Crippen LogP contribution in [0.1, 0.15) is 43.0 Å². The third kappa shape index (κ3) is 4.10. The molecule has 128 valence electrons. The number of nitrogens with one attached hydrogen (secondary N) is 1. The molecule has 0 aliphatic heterocycles. The lowest BCUT2D eigenvalue weighted by Gasteiger charge is -2.29. The second kappa shape index (κ2) is 7.42. The molecule has 1 aromatic carbocycles. The topological polar surface area (TPSA) is 75.7 Å². The molecule has 0 radical (unpaired) electrons. The number of nitrogens with zero attached hydrogens (tertiary/aromatic N) is 1. The number of benzene rings is 1. The molecule has 1 aliphatic rings. The molecule has 1 fully saturated rings. The summed E-state index contributed by atoms with van der Waals surface area (Å²) in [4.78, 5) is 17.1. The average Bonchev–Trinajstić information content (AvgIpc) is 2.56. The molecule has 1 N–H and O–H groups in total. The number of sulfonamides is 1. The first-order valence-corrected chi connectivity index (χ1v) is 9.24. The molecule has 0 aromatic heterocycles. The summed E-state index contributed by atoms with van der Waals surface area (Å²) in [7, 11) is -1.09. The highest BCUT2D eigenvalue weighted by molar-refractivity contribution is 7.89. The molecule has 0 saturated heterocycles.